The molecule has 1 aliphatic rings. The number of esters is 1. The van der Waals surface area contributed by atoms with Crippen molar-refractivity contribution in [2.45, 2.75) is 33.2 Å². The van der Waals surface area contributed by atoms with Crippen molar-refractivity contribution in [2.75, 3.05) is 7.11 Å². The summed E-state index contributed by atoms with van der Waals surface area (Å²) in [6, 6.07) is 8.66. The summed E-state index contributed by atoms with van der Waals surface area (Å²) in [5.74, 6) is 0.319. The number of methoxy groups -OCH3 is 1. The largest absolute Gasteiger partial charge is 0.465 e. The topological polar surface area (TPSA) is 76.8 Å². The lowest BCUT2D eigenvalue weighted by Gasteiger charge is -2.19. The van der Waals surface area contributed by atoms with E-state index >= 15 is 0 Å². The van der Waals surface area contributed by atoms with E-state index in [-0.39, 0.29) is 17.2 Å². The second-order valence-corrected chi connectivity index (χ2v) is 7.47. The van der Waals surface area contributed by atoms with E-state index in [4.69, 9.17) is 9.15 Å². The molecule has 0 radical (unpaired) electrons. The van der Waals surface area contributed by atoms with Gasteiger partial charge in [-0.2, -0.15) is 0 Å². The van der Waals surface area contributed by atoms with Crippen LogP contribution in [0.1, 0.15) is 41.9 Å². The lowest BCUT2D eigenvalue weighted by atomic mass is 10.0. The number of thioether (sulfide) groups is 1. The van der Waals surface area contributed by atoms with Crippen molar-refractivity contribution in [1.82, 2.24) is 4.90 Å². The van der Waals surface area contributed by atoms with Gasteiger partial charge in [-0.3, -0.25) is 14.5 Å². The lowest BCUT2D eigenvalue weighted by Crippen LogP contribution is -2.36. The van der Waals surface area contributed by atoms with E-state index in [2.05, 4.69) is 0 Å². The van der Waals surface area contributed by atoms with Crippen molar-refractivity contribution >= 4 is 35.0 Å². The smallest absolute Gasteiger partial charge is 0.338 e. The summed E-state index contributed by atoms with van der Waals surface area (Å²) in [6.45, 7) is 5.60. The summed E-state index contributed by atoms with van der Waals surface area (Å²) >= 11 is 0.915. The van der Waals surface area contributed by atoms with Crippen LogP contribution in [0.5, 0.6) is 0 Å². The molecule has 146 valence electrons. The molecule has 2 amide bonds. The molecule has 0 N–H and O–H groups in total. The van der Waals surface area contributed by atoms with Crippen LogP contribution in [0.25, 0.3) is 17.4 Å². The first-order valence-electron chi connectivity index (χ1n) is 8.92. The standard InChI is InChI=1S/C21H21NO5S/c1-5-12(2)22-19(23)18(28-21(22)25)11-14-9-10-17(27-14)15-7-6-8-16(13(15)3)20(24)26-4/h6-12H,5H2,1-4H3/b18-11+/t12-/m0/s1. The third-order valence-electron chi connectivity index (χ3n) is 4.76. The van der Waals surface area contributed by atoms with Gasteiger partial charge in [0, 0.05) is 17.7 Å². The van der Waals surface area contributed by atoms with E-state index in [9.17, 15) is 14.4 Å². The second kappa shape index (κ2) is 8.06. The van der Waals surface area contributed by atoms with Crippen molar-refractivity contribution in [3.63, 3.8) is 0 Å². The summed E-state index contributed by atoms with van der Waals surface area (Å²) in [7, 11) is 1.34. The molecule has 2 aromatic rings. The van der Waals surface area contributed by atoms with Crippen molar-refractivity contribution in [3.05, 3.63) is 52.1 Å². The summed E-state index contributed by atoms with van der Waals surface area (Å²) in [5, 5.41) is -0.265. The second-order valence-electron chi connectivity index (χ2n) is 6.48. The van der Waals surface area contributed by atoms with Crippen molar-refractivity contribution in [2.24, 2.45) is 0 Å². The maximum absolute atomic E-state index is 12.5. The van der Waals surface area contributed by atoms with E-state index in [0.29, 0.717) is 28.4 Å². The molecule has 1 fully saturated rings. The highest BCUT2D eigenvalue weighted by Gasteiger charge is 2.37. The van der Waals surface area contributed by atoms with Crippen LogP contribution in [0.4, 0.5) is 4.79 Å². The molecule has 0 aliphatic carbocycles. The Bertz CT molecular complexity index is 975. The Balaban J connectivity index is 1.90. The summed E-state index contributed by atoms with van der Waals surface area (Å²) < 4.78 is 10.7. The average molecular weight is 399 g/mol. The highest BCUT2D eigenvalue weighted by atomic mass is 32.2. The fourth-order valence-electron chi connectivity index (χ4n) is 2.98. The first-order chi connectivity index (χ1) is 13.4. The molecular formula is C21H21NO5S. The number of carbonyl (C=O) groups is 3. The van der Waals surface area contributed by atoms with Gasteiger partial charge in [0.05, 0.1) is 17.6 Å². The van der Waals surface area contributed by atoms with E-state index in [1.54, 1.807) is 30.3 Å². The molecule has 0 bridgehead atoms. The third kappa shape index (κ3) is 3.62. The fraction of sp³-hybridized carbons (Fsp3) is 0.286. The predicted molar refractivity (Wildman–Crippen MR) is 108 cm³/mol. The number of benzene rings is 1. The molecule has 2 heterocycles. The Morgan fingerprint density at radius 1 is 1.29 bits per heavy atom. The molecule has 0 unspecified atom stereocenters. The van der Waals surface area contributed by atoms with Crippen LogP contribution < -0.4 is 0 Å². The normalized spacial score (nSPS) is 16.7. The van der Waals surface area contributed by atoms with Crippen molar-refractivity contribution < 1.29 is 23.5 Å². The number of hydrogen-bond donors (Lipinski definition) is 0. The number of amides is 2. The number of rotatable bonds is 5. The number of ether oxygens (including phenoxy) is 1. The number of carbonyl (C=O) groups excluding carboxylic acids is 3. The Hall–Kier alpha value is -2.80. The highest BCUT2D eigenvalue weighted by Crippen LogP contribution is 2.35. The van der Waals surface area contributed by atoms with Crippen molar-refractivity contribution in [1.29, 1.82) is 0 Å². The third-order valence-corrected chi connectivity index (χ3v) is 5.64. The lowest BCUT2D eigenvalue weighted by molar-refractivity contribution is -0.124. The zero-order chi connectivity index (χ0) is 20.4. The Morgan fingerprint density at radius 3 is 2.71 bits per heavy atom. The minimum Gasteiger partial charge on any atom is -0.465 e. The molecule has 3 rings (SSSR count). The molecule has 0 saturated carbocycles. The van der Waals surface area contributed by atoms with Gasteiger partial charge in [-0.05, 0) is 55.8 Å². The van der Waals surface area contributed by atoms with Gasteiger partial charge in [0.1, 0.15) is 11.5 Å². The number of nitrogens with zero attached hydrogens (tertiary/aromatic N) is 1. The summed E-state index contributed by atoms with van der Waals surface area (Å²) in [4.78, 5) is 38.2. The zero-order valence-corrected chi connectivity index (χ0v) is 17.0. The molecule has 6 nitrogen and oxygen atoms in total. The molecule has 7 heteroatoms. The monoisotopic (exact) mass is 399 g/mol. The quantitative estimate of drug-likeness (QED) is 0.527. The van der Waals surface area contributed by atoms with Crippen LogP contribution in [-0.4, -0.2) is 35.2 Å². The molecule has 1 atom stereocenters. The molecule has 28 heavy (non-hydrogen) atoms. The Labute approximate surface area is 167 Å². The van der Waals surface area contributed by atoms with Crippen LogP contribution in [0, 0.1) is 6.92 Å². The zero-order valence-electron chi connectivity index (χ0n) is 16.1. The van der Waals surface area contributed by atoms with Gasteiger partial charge in [0.25, 0.3) is 11.1 Å². The maximum atomic E-state index is 12.5. The Morgan fingerprint density at radius 2 is 2.04 bits per heavy atom. The van der Waals surface area contributed by atoms with Crippen LogP contribution in [0.2, 0.25) is 0 Å². The minimum atomic E-state index is -0.412. The van der Waals surface area contributed by atoms with E-state index in [1.165, 1.54) is 12.0 Å². The van der Waals surface area contributed by atoms with Crippen LogP contribution in [-0.2, 0) is 9.53 Å². The van der Waals surface area contributed by atoms with Gasteiger partial charge in [-0.15, -0.1) is 0 Å². The molecule has 1 aromatic heterocycles. The first kappa shape index (κ1) is 19.9. The van der Waals surface area contributed by atoms with Gasteiger partial charge < -0.3 is 9.15 Å². The van der Waals surface area contributed by atoms with Gasteiger partial charge in [0.15, 0.2) is 0 Å². The highest BCUT2D eigenvalue weighted by molar-refractivity contribution is 8.18. The maximum Gasteiger partial charge on any atom is 0.338 e. The van der Waals surface area contributed by atoms with Gasteiger partial charge >= 0.3 is 5.97 Å². The van der Waals surface area contributed by atoms with Crippen LogP contribution in [0.3, 0.4) is 0 Å². The molecule has 1 aliphatic heterocycles. The number of hydrogen-bond acceptors (Lipinski definition) is 6. The SMILES string of the molecule is CC[C@H](C)N1C(=O)S/C(=C/c2ccc(-c3cccc(C(=O)OC)c3C)o2)C1=O. The number of furan rings is 1. The van der Waals surface area contributed by atoms with Gasteiger partial charge in [-0.25, -0.2) is 4.79 Å². The molecular weight excluding hydrogens is 378 g/mol. The van der Waals surface area contributed by atoms with E-state index in [0.717, 1.165) is 22.9 Å². The molecule has 1 aromatic carbocycles. The van der Waals surface area contributed by atoms with Crippen LogP contribution in [0.15, 0.2) is 39.7 Å². The molecule has 1 saturated heterocycles. The van der Waals surface area contributed by atoms with Crippen LogP contribution >= 0.6 is 11.8 Å². The average Bonchev–Trinajstić information content (AvgIpc) is 3.25. The minimum absolute atomic E-state index is 0.144. The Kier molecular flexibility index (Phi) is 5.74. The fourth-order valence-corrected chi connectivity index (χ4v) is 3.89. The predicted octanol–water partition coefficient (Wildman–Crippen LogP) is 4.88. The van der Waals surface area contributed by atoms with Gasteiger partial charge in [0.2, 0.25) is 0 Å². The van der Waals surface area contributed by atoms with Crippen molar-refractivity contribution in [3.8, 4) is 11.3 Å². The number of imide groups is 1. The van der Waals surface area contributed by atoms with E-state index < -0.39 is 5.97 Å². The first-order valence-corrected chi connectivity index (χ1v) is 9.74. The summed E-state index contributed by atoms with van der Waals surface area (Å²) in [5.41, 5.74) is 1.97. The van der Waals surface area contributed by atoms with Gasteiger partial charge in [-0.1, -0.05) is 19.1 Å². The molecule has 0 spiro atoms. The van der Waals surface area contributed by atoms with E-state index in [1.807, 2.05) is 26.8 Å². The summed E-state index contributed by atoms with van der Waals surface area (Å²) in [6.07, 6.45) is 2.28.